The van der Waals surface area contributed by atoms with Crippen molar-refractivity contribution in [3.63, 3.8) is 0 Å². The molecule has 0 saturated heterocycles. The molecule has 0 bridgehead atoms. The van der Waals surface area contributed by atoms with Crippen molar-refractivity contribution in [1.29, 1.82) is 0 Å². The average Bonchev–Trinajstić information content (AvgIpc) is 2.36. The lowest BCUT2D eigenvalue weighted by Crippen LogP contribution is -2.21. The Kier molecular flexibility index (Phi) is 4.22. The van der Waals surface area contributed by atoms with Crippen molar-refractivity contribution in [2.75, 3.05) is 0 Å². The molecule has 0 aliphatic carbocycles. The number of aromatic nitrogens is 1. The first-order chi connectivity index (χ1) is 9.08. The number of hydrogen-bond donors (Lipinski definition) is 1. The smallest absolute Gasteiger partial charge is 0.130 e. The standard InChI is InChI=1S/C15H16F2N2/c1-10-5-3-6-12(19-10)9-18-11(2)15-13(16)7-4-8-14(15)17/h3-8,11,18H,9H2,1-2H3. The summed E-state index contributed by atoms with van der Waals surface area (Å²) in [5.41, 5.74) is 1.84. The van der Waals surface area contributed by atoms with Crippen LogP contribution >= 0.6 is 0 Å². The van der Waals surface area contributed by atoms with Gasteiger partial charge < -0.3 is 5.32 Å². The van der Waals surface area contributed by atoms with Crippen molar-refractivity contribution < 1.29 is 8.78 Å². The zero-order valence-electron chi connectivity index (χ0n) is 11.0. The molecule has 0 aliphatic rings. The number of hydrogen-bond acceptors (Lipinski definition) is 2. The van der Waals surface area contributed by atoms with Gasteiger partial charge >= 0.3 is 0 Å². The Morgan fingerprint density at radius 3 is 2.37 bits per heavy atom. The first-order valence-corrected chi connectivity index (χ1v) is 6.18. The van der Waals surface area contributed by atoms with Gasteiger partial charge in [-0.1, -0.05) is 12.1 Å². The summed E-state index contributed by atoms with van der Waals surface area (Å²) in [5.74, 6) is -1.06. The molecule has 100 valence electrons. The molecular formula is C15H16F2N2. The molecule has 1 aromatic heterocycles. The second-order valence-corrected chi connectivity index (χ2v) is 4.51. The summed E-state index contributed by atoms with van der Waals surface area (Å²) < 4.78 is 27.2. The first kappa shape index (κ1) is 13.6. The van der Waals surface area contributed by atoms with Crippen LogP contribution in [0.1, 0.15) is 29.9 Å². The molecule has 0 amide bonds. The van der Waals surface area contributed by atoms with Crippen LogP contribution in [0.2, 0.25) is 0 Å². The maximum Gasteiger partial charge on any atom is 0.130 e. The number of nitrogens with one attached hydrogen (secondary N) is 1. The van der Waals surface area contributed by atoms with E-state index in [9.17, 15) is 8.78 Å². The third-order valence-electron chi connectivity index (χ3n) is 2.97. The minimum absolute atomic E-state index is 0.0650. The van der Waals surface area contributed by atoms with E-state index in [1.54, 1.807) is 6.92 Å². The van der Waals surface area contributed by atoms with Crippen LogP contribution in [0.3, 0.4) is 0 Å². The fourth-order valence-corrected chi connectivity index (χ4v) is 1.98. The first-order valence-electron chi connectivity index (χ1n) is 6.18. The van der Waals surface area contributed by atoms with Crippen molar-refractivity contribution in [2.24, 2.45) is 0 Å². The SMILES string of the molecule is Cc1cccc(CNC(C)c2c(F)cccc2F)n1. The number of pyridine rings is 1. The number of benzene rings is 1. The fourth-order valence-electron chi connectivity index (χ4n) is 1.98. The fraction of sp³-hybridized carbons (Fsp3) is 0.267. The zero-order valence-corrected chi connectivity index (χ0v) is 11.0. The maximum absolute atomic E-state index is 13.6. The molecule has 1 heterocycles. The monoisotopic (exact) mass is 262 g/mol. The van der Waals surface area contributed by atoms with Crippen molar-refractivity contribution in [3.05, 3.63) is 65.0 Å². The Morgan fingerprint density at radius 1 is 1.11 bits per heavy atom. The van der Waals surface area contributed by atoms with Crippen molar-refractivity contribution in [2.45, 2.75) is 26.4 Å². The highest BCUT2D eigenvalue weighted by atomic mass is 19.1. The molecule has 1 unspecified atom stereocenters. The lowest BCUT2D eigenvalue weighted by molar-refractivity contribution is 0.485. The highest BCUT2D eigenvalue weighted by Crippen LogP contribution is 2.20. The molecule has 0 radical (unpaired) electrons. The van der Waals surface area contributed by atoms with Crippen LogP contribution in [0, 0.1) is 18.6 Å². The molecule has 2 nitrogen and oxygen atoms in total. The summed E-state index contributed by atoms with van der Waals surface area (Å²) in [7, 11) is 0. The molecular weight excluding hydrogens is 246 g/mol. The van der Waals surface area contributed by atoms with E-state index < -0.39 is 17.7 Å². The van der Waals surface area contributed by atoms with E-state index in [-0.39, 0.29) is 5.56 Å². The van der Waals surface area contributed by atoms with Crippen LogP contribution in [0.5, 0.6) is 0 Å². The van der Waals surface area contributed by atoms with Gasteiger partial charge in [0.25, 0.3) is 0 Å². The maximum atomic E-state index is 13.6. The molecule has 2 rings (SSSR count). The second kappa shape index (κ2) is 5.89. The summed E-state index contributed by atoms with van der Waals surface area (Å²) in [6.07, 6.45) is 0. The Bertz CT molecular complexity index is 550. The molecule has 1 aromatic carbocycles. The summed E-state index contributed by atoms with van der Waals surface area (Å²) in [4.78, 5) is 4.33. The molecule has 2 aromatic rings. The van der Waals surface area contributed by atoms with Gasteiger partial charge in [0.05, 0.1) is 5.69 Å². The van der Waals surface area contributed by atoms with Crippen molar-refractivity contribution in [1.82, 2.24) is 10.3 Å². The third kappa shape index (κ3) is 3.35. The lowest BCUT2D eigenvalue weighted by Gasteiger charge is -2.15. The predicted molar refractivity (Wildman–Crippen MR) is 70.6 cm³/mol. The number of halogens is 2. The van der Waals surface area contributed by atoms with E-state index in [0.717, 1.165) is 11.4 Å². The summed E-state index contributed by atoms with van der Waals surface area (Å²) in [6.45, 7) is 4.11. The zero-order chi connectivity index (χ0) is 13.8. The minimum Gasteiger partial charge on any atom is -0.304 e. The Hall–Kier alpha value is -1.81. The molecule has 0 saturated carbocycles. The van der Waals surface area contributed by atoms with Crippen LogP contribution in [-0.2, 0) is 6.54 Å². The van der Waals surface area contributed by atoms with E-state index in [0.29, 0.717) is 6.54 Å². The summed E-state index contributed by atoms with van der Waals surface area (Å²) in [6, 6.07) is 9.18. The molecule has 0 spiro atoms. The van der Waals surface area contributed by atoms with E-state index in [2.05, 4.69) is 10.3 Å². The Labute approximate surface area is 111 Å². The van der Waals surface area contributed by atoms with E-state index in [1.807, 2.05) is 25.1 Å². The van der Waals surface area contributed by atoms with Gasteiger partial charge in [-0.25, -0.2) is 8.78 Å². The molecule has 4 heteroatoms. The van der Waals surface area contributed by atoms with E-state index in [4.69, 9.17) is 0 Å². The van der Waals surface area contributed by atoms with E-state index >= 15 is 0 Å². The van der Waals surface area contributed by atoms with Gasteiger partial charge in [0.1, 0.15) is 11.6 Å². The normalized spacial score (nSPS) is 12.4. The van der Waals surface area contributed by atoms with Gasteiger partial charge in [-0.2, -0.15) is 0 Å². The molecule has 1 N–H and O–H groups in total. The summed E-state index contributed by atoms with van der Waals surface area (Å²) in [5, 5.41) is 3.08. The minimum atomic E-state index is -0.530. The Morgan fingerprint density at radius 2 is 1.74 bits per heavy atom. The van der Waals surface area contributed by atoms with Crippen LogP contribution < -0.4 is 5.32 Å². The summed E-state index contributed by atoms with van der Waals surface area (Å²) >= 11 is 0. The van der Waals surface area contributed by atoms with Crippen LogP contribution in [0.15, 0.2) is 36.4 Å². The topological polar surface area (TPSA) is 24.9 Å². The quantitative estimate of drug-likeness (QED) is 0.912. The molecule has 0 aliphatic heterocycles. The lowest BCUT2D eigenvalue weighted by atomic mass is 10.1. The van der Waals surface area contributed by atoms with Crippen molar-refractivity contribution >= 4 is 0 Å². The van der Waals surface area contributed by atoms with Crippen molar-refractivity contribution in [3.8, 4) is 0 Å². The van der Waals surface area contributed by atoms with Crippen LogP contribution in [-0.4, -0.2) is 4.98 Å². The predicted octanol–water partition coefficient (Wildman–Crippen LogP) is 3.52. The number of aryl methyl sites for hydroxylation is 1. The van der Waals surface area contributed by atoms with Gasteiger partial charge in [0, 0.05) is 23.8 Å². The second-order valence-electron chi connectivity index (χ2n) is 4.51. The van der Waals surface area contributed by atoms with Gasteiger partial charge in [-0.3, -0.25) is 4.98 Å². The number of nitrogens with zero attached hydrogens (tertiary/aromatic N) is 1. The van der Waals surface area contributed by atoms with Crippen LogP contribution in [0.4, 0.5) is 8.78 Å². The average molecular weight is 262 g/mol. The highest BCUT2D eigenvalue weighted by molar-refractivity contribution is 5.23. The van der Waals surface area contributed by atoms with Gasteiger partial charge in [-0.15, -0.1) is 0 Å². The van der Waals surface area contributed by atoms with Gasteiger partial charge in [0.2, 0.25) is 0 Å². The largest absolute Gasteiger partial charge is 0.304 e. The van der Waals surface area contributed by atoms with Crippen LogP contribution in [0.25, 0.3) is 0 Å². The molecule has 19 heavy (non-hydrogen) atoms. The third-order valence-corrected chi connectivity index (χ3v) is 2.97. The molecule has 1 atom stereocenters. The number of rotatable bonds is 4. The van der Waals surface area contributed by atoms with Gasteiger partial charge in [-0.05, 0) is 38.1 Å². The van der Waals surface area contributed by atoms with Gasteiger partial charge in [0.15, 0.2) is 0 Å². The highest BCUT2D eigenvalue weighted by Gasteiger charge is 2.15. The van der Waals surface area contributed by atoms with E-state index in [1.165, 1.54) is 18.2 Å². The Balaban J connectivity index is 2.07. The molecule has 0 fully saturated rings.